The van der Waals surface area contributed by atoms with Crippen LogP contribution in [0.15, 0.2) is 0 Å². The van der Waals surface area contributed by atoms with Crippen molar-refractivity contribution in [1.82, 2.24) is 19.8 Å². The second kappa shape index (κ2) is 6.41. The van der Waals surface area contributed by atoms with Gasteiger partial charge in [-0.3, -0.25) is 0 Å². The summed E-state index contributed by atoms with van der Waals surface area (Å²) in [5.74, 6) is -0.645. The average molecular weight is 359 g/mol. The fraction of sp³-hybridized carbons (Fsp3) is 0.667. The Balaban J connectivity index is 2.07. The first kappa shape index (κ1) is 17.9. The highest BCUT2D eigenvalue weighted by Crippen LogP contribution is 2.31. The minimum atomic E-state index is -4.62. The minimum absolute atomic E-state index is 0.0888. The summed E-state index contributed by atoms with van der Waals surface area (Å²) < 4.78 is 51.2. The van der Waals surface area contributed by atoms with Gasteiger partial charge in [-0.2, -0.15) is 17.7 Å². The fourth-order valence-electron chi connectivity index (χ4n) is 3.09. The molecule has 138 valence electrons. The van der Waals surface area contributed by atoms with Gasteiger partial charge in [0.2, 0.25) is 0 Å². The van der Waals surface area contributed by atoms with Gasteiger partial charge in [-0.15, -0.1) is 15.3 Å². The predicted octanol–water partition coefficient (Wildman–Crippen LogP) is 2.00. The summed E-state index contributed by atoms with van der Waals surface area (Å²) in [5, 5.41) is 11.2. The molecule has 3 heterocycles. The zero-order valence-electron chi connectivity index (χ0n) is 14.5. The first-order valence-electron chi connectivity index (χ1n) is 7.91. The highest BCUT2D eigenvalue weighted by atomic mass is 19.4. The SMILES string of the molecule is COCC1CN(c2nn3c(C(F)(F)F)nnc3c(C)c2C)CC(C)O1. The van der Waals surface area contributed by atoms with E-state index in [0.29, 0.717) is 31.1 Å². The Bertz CT molecular complexity index is 777. The predicted molar refractivity (Wildman–Crippen MR) is 83.7 cm³/mol. The van der Waals surface area contributed by atoms with E-state index in [4.69, 9.17) is 9.47 Å². The van der Waals surface area contributed by atoms with Gasteiger partial charge in [0.05, 0.1) is 18.8 Å². The number of rotatable bonds is 3. The molecule has 2 unspecified atom stereocenters. The van der Waals surface area contributed by atoms with E-state index in [1.54, 1.807) is 14.0 Å². The van der Waals surface area contributed by atoms with Crippen LogP contribution in [0.1, 0.15) is 23.9 Å². The molecule has 0 bridgehead atoms. The topological polar surface area (TPSA) is 64.8 Å². The molecule has 0 aliphatic carbocycles. The number of morpholine rings is 1. The lowest BCUT2D eigenvalue weighted by Crippen LogP contribution is -2.49. The van der Waals surface area contributed by atoms with E-state index in [0.717, 1.165) is 10.1 Å². The number of nitrogens with zero attached hydrogens (tertiary/aromatic N) is 5. The smallest absolute Gasteiger partial charge is 0.382 e. The molecule has 1 saturated heterocycles. The Morgan fingerprint density at radius 1 is 1.20 bits per heavy atom. The number of hydrogen-bond acceptors (Lipinski definition) is 6. The molecule has 0 N–H and O–H groups in total. The molecule has 1 aliphatic heterocycles. The lowest BCUT2D eigenvalue weighted by molar-refractivity contribution is -0.146. The number of halogens is 3. The lowest BCUT2D eigenvalue weighted by atomic mass is 10.1. The van der Waals surface area contributed by atoms with Gasteiger partial charge in [-0.25, -0.2) is 0 Å². The molecule has 7 nitrogen and oxygen atoms in total. The van der Waals surface area contributed by atoms with Gasteiger partial charge in [-0.1, -0.05) is 0 Å². The summed E-state index contributed by atoms with van der Waals surface area (Å²) >= 11 is 0. The summed E-state index contributed by atoms with van der Waals surface area (Å²) in [6.07, 6.45) is -4.88. The molecule has 2 aromatic rings. The maximum atomic E-state index is 13.2. The highest BCUT2D eigenvalue weighted by Gasteiger charge is 2.38. The van der Waals surface area contributed by atoms with Gasteiger partial charge < -0.3 is 14.4 Å². The van der Waals surface area contributed by atoms with Crippen molar-refractivity contribution in [3.05, 3.63) is 17.0 Å². The van der Waals surface area contributed by atoms with E-state index in [1.807, 2.05) is 18.7 Å². The van der Waals surface area contributed by atoms with E-state index < -0.39 is 12.0 Å². The largest absolute Gasteiger partial charge is 0.453 e. The van der Waals surface area contributed by atoms with Crippen molar-refractivity contribution < 1.29 is 22.6 Å². The molecular weight excluding hydrogens is 339 g/mol. The van der Waals surface area contributed by atoms with Gasteiger partial charge in [-0.05, 0) is 20.8 Å². The number of anilines is 1. The zero-order valence-corrected chi connectivity index (χ0v) is 14.5. The summed E-state index contributed by atoms with van der Waals surface area (Å²) in [6.45, 7) is 6.88. The first-order valence-corrected chi connectivity index (χ1v) is 7.91. The summed E-state index contributed by atoms with van der Waals surface area (Å²) in [7, 11) is 1.58. The average Bonchev–Trinajstić information content (AvgIpc) is 2.94. The lowest BCUT2D eigenvalue weighted by Gasteiger charge is -2.37. The van der Waals surface area contributed by atoms with Crippen LogP contribution < -0.4 is 4.90 Å². The van der Waals surface area contributed by atoms with Gasteiger partial charge in [0.15, 0.2) is 11.5 Å². The van der Waals surface area contributed by atoms with Gasteiger partial charge >= 0.3 is 6.18 Å². The van der Waals surface area contributed by atoms with Crippen molar-refractivity contribution in [3.8, 4) is 0 Å². The standard InChI is InChI=1S/C15H20F3N5O2/c1-8-5-22(6-11(25-8)7-24-4)13-10(3)9(2)12-19-20-14(15(16,17)18)23(12)21-13/h8,11H,5-7H2,1-4H3. The monoisotopic (exact) mass is 359 g/mol. The van der Waals surface area contributed by atoms with Crippen molar-refractivity contribution in [2.75, 3.05) is 31.7 Å². The Hall–Kier alpha value is -1.94. The fourth-order valence-corrected chi connectivity index (χ4v) is 3.09. The van der Waals surface area contributed by atoms with Crippen LogP contribution in [0.4, 0.5) is 19.0 Å². The Labute approximate surface area is 142 Å². The van der Waals surface area contributed by atoms with E-state index in [-0.39, 0.29) is 17.9 Å². The normalized spacial score (nSPS) is 22.0. The molecule has 0 saturated carbocycles. The van der Waals surface area contributed by atoms with E-state index in [1.165, 1.54) is 0 Å². The maximum absolute atomic E-state index is 13.2. The van der Waals surface area contributed by atoms with Crippen LogP contribution in [0.5, 0.6) is 0 Å². The number of aromatic nitrogens is 4. The van der Waals surface area contributed by atoms with Crippen LogP contribution in [0, 0.1) is 13.8 Å². The van der Waals surface area contributed by atoms with Crippen molar-refractivity contribution in [1.29, 1.82) is 0 Å². The number of aryl methyl sites for hydroxylation is 1. The number of methoxy groups -OCH3 is 1. The first-order chi connectivity index (χ1) is 11.7. The quantitative estimate of drug-likeness (QED) is 0.835. The van der Waals surface area contributed by atoms with Crippen LogP contribution in [0.2, 0.25) is 0 Å². The molecule has 10 heteroatoms. The number of alkyl halides is 3. The molecule has 0 aromatic carbocycles. The van der Waals surface area contributed by atoms with Crippen LogP contribution in [0.3, 0.4) is 0 Å². The third-order valence-electron chi connectivity index (χ3n) is 4.30. The Kier molecular flexibility index (Phi) is 4.58. The van der Waals surface area contributed by atoms with Crippen molar-refractivity contribution in [3.63, 3.8) is 0 Å². The molecule has 25 heavy (non-hydrogen) atoms. The molecule has 0 radical (unpaired) electrons. The van der Waals surface area contributed by atoms with Crippen LogP contribution >= 0.6 is 0 Å². The second-order valence-electron chi connectivity index (χ2n) is 6.26. The highest BCUT2D eigenvalue weighted by molar-refractivity contribution is 5.59. The summed E-state index contributed by atoms with van der Waals surface area (Å²) in [6, 6.07) is 0. The van der Waals surface area contributed by atoms with Crippen molar-refractivity contribution in [2.45, 2.75) is 39.2 Å². The number of ether oxygens (including phenoxy) is 2. The Morgan fingerprint density at radius 2 is 1.92 bits per heavy atom. The molecule has 2 atom stereocenters. The van der Waals surface area contributed by atoms with Crippen molar-refractivity contribution >= 4 is 11.5 Å². The maximum Gasteiger partial charge on any atom is 0.453 e. The number of fused-ring (bicyclic) bond motifs is 1. The molecule has 1 aliphatic rings. The van der Waals surface area contributed by atoms with Gasteiger partial charge in [0, 0.05) is 31.3 Å². The summed E-state index contributed by atoms with van der Waals surface area (Å²) in [4.78, 5) is 1.93. The molecule has 0 amide bonds. The van der Waals surface area contributed by atoms with E-state index >= 15 is 0 Å². The molecular formula is C15H20F3N5O2. The summed E-state index contributed by atoms with van der Waals surface area (Å²) in [5.41, 5.74) is 1.51. The minimum Gasteiger partial charge on any atom is -0.382 e. The van der Waals surface area contributed by atoms with E-state index in [9.17, 15) is 13.2 Å². The second-order valence-corrected chi connectivity index (χ2v) is 6.26. The van der Waals surface area contributed by atoms with Crippen LogP contribution in [-0.4, -0.2) is 58.8 Å². The number of hydrogen-bond donors (Lipinski definition) is 0. The van der Waals surface area contributed by atoms with E-state index in [2.05, 4.69) is 15.3 Å². The zero-order chi connectivity index (χ0) is 18.4. The molecule has 2 aromatic heterocycles. The van der Waals surface area contributed by atoms with Gasteiger partial charge in [0.25, 0.3) is 5.82 Å². The Morgan fingerprint density at radius 3 is 2.56 bits per heavy atom. The molecule has 0 spiro atoms. The third kappa shape index (κ3) is 3.28. The van der Waals surface area contributed by atoms with Crippen LogP contribution in [-0.2, 0) is 15.7 Å². The molecule has 1 fully saturated rings. The third-order valence-corrected chi connectivity index (χ3v) is 4.30. The van der Waals surface area contributed by atoms with Crippen molar-refractivity contribution in [2.24, 2.45) is 0 Å². The molecule has 3 rings (SSSR count). The van der Waals surface area contributed by atoms with Crippen LogP contribution in [0.25, 0.3) is 5.65 Å². The van der Waals surface area contributed by atoms with Gasteiger partial charge in [0.1, 0.15) is 0 Å².